The third kappa shape index (κ3) is 4.44. The largest absolute Gasteiger partial charge is 0.324 e. The van der Waals surface area contributed by atoms with Crippen molar-refractivity contribution in [3.8, 4) is 0 Å². The fraction of sp³-hybridized carbons (Fsp3) is 0.600. The van der Waals surface area contributed by atoms with E-state index in [-0.39, 0.29) is 6.04 Å². The molecule has 1 aromatic carbocycles. The highest BCUT2D eigenvalue weighted by Gasteiger charge is 2.15. The lowest BCUT2D eigenvalue weighted by Gasteiger charge is -2.21. The average molecular weight is 298 g/mol. The van der Waals surface area contributed by atoms with E-state index in [2.05, 4.69) is 62.7 Å². The Bertz CT molecular complexity index is 367. The molecule has 0 fully saturated rings. The van der Waals surface area contributed by atoms with Crippen LogP contribution >= 0.6 is 15.9 Å². The molecule has 0 saturated heterocycles. The lowest BCUT2D eigenvalue weighted by Crippen LogP contribution is -2.15. The van der Waals surface area contributed by atoms with Crippen molar-refractivity contribution < 1.29 is 0 Å². The molecule has 96 valence electrons. The minimum Gasteiger partial charge on any atom is -0.324 e. The maximum atomic E-state index is 6.27. The van der Waals surface area contributed by atoms with Gasteiger partial charge in [0.1, 0.15) is 0 Å². The van der Waals surface area contributed by atoms with Gasteiger partial charge in [0, 0.05) is 10.5 Å². The second-order valence-corrected chi connectivity index (χ2v) is 6.97. The van der Waals surface area contributed by atoms with Crippen LogP contribution in [0.1, 0.15) is 56.3 Å². The van der Waals surface area contributed by atoms with E-state index in [0.717, 1.165) is 12.8 Å². The van der Waals surface area contributed by atoms with Crippen LogP contribution in [0.5, 0.6) is 0 Å². The van der Waals surface area contributed by atoms with Crippen molar-refractivity contribution in [2.45, 2.75) is 53.5 Å². The van der Waals surface area contributed by atoms with Gasteiger partial charge in [-0.1, -0.05) is 48.8 Å². The molecule has 0 radical (unpaired) electrons. The maximum absolute atomic E-state index is 6.27. The smallest absolute Gasteiger partial charge is 0.0295 e. The number of benzene rings is 1. The van der Waals surface area contributed by atoms with Crippen LogP contribution in [0.3, 0.4) is 0 Å². The van der Waals surface area contributed by atoms with E-state index in [1.54, 1.807) is 0 Å². The molecule has 2 N–H and O–H groups in total. The monoisotopic (exact) mass is 297 g/mol. The Morgan fingerprint density at radius 2 is 1.65 bits per heavy atom. The summed E-state index contributed by atoms with van der Waals surface area (Å²) in [6.07, 6.45) is 2.20. The summed E-state index contributed by atoms with van der Waals surface area (Å²) in [5, 5.41) is 0. The van der Waals surface area contributed by atoms with Crippen LogP contribution in [0, 0.1) is 19.3 Å². The lowest BCUT2D eigenvalue weighted by atomic mass is 9.87. The summed E-state index contributed by atoms with van der Waals surface area (Å²) in [6.45, 7) is 11.0. The Labute approximate surface area is 114 Å². The van der Waals surface area contributed by atoms with Gasteiger partial charge >= 0.3 is 0 Å². The van der Waals surface area contributed by atoms with E-state index in [9.17, 15) is 0 Å². The lowest BCUT2D eigenvalue weighted by molar-refractivity contribution is 0.350. The first-order valence-corrected chi connectivity index (χ1v) is 7.02. The zero-order chi connectivity index (χ0) is 13.2. The maximum Gasteiger partial charge on any atom is 0.0295 e. The van der Waals surface area contributed by atoms with Gasteiger partial charge in [-0.25, -0.2) is 0 Å². The Morgan fingerprint density at radius 3 is 2.06 bits per heavy atom. The molecule has 2 heteroatoms. The van der Waals surface area contributed by atoms with Gasteiger partial charge in [-0.15, -0.1) is 0 Å². The first kappa shape index (κ1) is 14.7. The van der Waals surface area contributed by atoms with E-state index in [0.29, 0.717) is 5.41 Å². The van der Waals surface area contributed by atoms with E-state index >= 15 is 0 Å². The Balaban J connectivity index is 2.79. The first-order chi connectivity index (χ1) is 7.70. The van der Waals surface area contributed by atoms with Crippen LogP contribution < -0.4 is 5.73 Å². The first-order valence-electron chi connectivity index (χ1n) is 6.23. The van der Waals surface area contributed by atoms with Gasteiger partial charge in [0.15, 0.2) is 0 Å². The second kappa shape index (κ2) is 5.53. The van der Waals surface area contributed by atoms with Crippen LogP contribution in [0.25, 0.3) is 0 Å². The zero-order valence-electron chi connectivity index (χ0n) is 11.6. The molecule has 0 saturated carbocycles. The Hall–Kier alpha value is -0.340. The van der Waals surface area contributed by atoms with Crippen LogP contribution in [-0.2, 0) is 0 Å². The van der Waals surface area contributed by atoms with Crippen LogP contribution in [-0.4, -0.2) is 0 Å². The van der Waals surface area contributed by atoms with E-state index in [1.165, 1.54) is 21.2 Å². The molecule has 17 heavy (non-hydrogen) atoms. The quantitative estimate of drug-likeness (QED) is 0.844. The third-order valence-corrected chi connectivity index (χ3v) is 4.34. The van der Waals surface area contributed by atoms with Gasteiger partial charge in [-0.05, 0) is 48.8 Å². The average Bonchev–Trinajstić information content (AvgIpc) is 2.20. The van der Waals surface area contributed by atoms with Gasteiger partial charge in [-0.3, -0.25) is 0 Å². The molecule has 0 spiro atoms. The number of nitrogens with two attached hydrogens (primary N) is 1. The van der Waals surface area contributed by atoms with Gasteiger partial charge in [0.05, 0.1) is 0 Å². The summed E-state index contributed by atoms with van der Waals surface area (Å²) in [4.78, 5) is 0. The highest BCUT2D eigenvalue weighted by molar-refractivity contribution is 9.10. The summed E-state index contributed by atoms with van der Waals surface area (Å²) in [5.74, 6) is 0. The highest BCUT2D eigenvalue weighted by Crippen LogP contribution is 2.29. The topological polar surface area (TPSA) is 26.0 Å². The minimum atomic E-state index is 0.153. The van der Waals surface area contributed by atoms with Crippen molar-refractivity contribution in [1.29, 1.82) is 0 Å². The minimum absolute atomic E-state index is 0.153. The van der Waals surface area contributed by atoms with Crippen molar-refractivity contribution in [1.82, 2.24) is 0 Å². The summed E-state index contributed by atoms with van der Waals surface area (Å²) < 4.78 is 1.20. The molecule has 1 unspecified atom stereocenters. The van der Waals surface area contributed by atoms with Crippen molar-refractivity contribution in [2.24, 2.45) is 11.1 Å². The summed E-state index contributed by atoms with van der Waals surface area (Å²) in [6, 6.07) is 4.55. The van der Waals surface area contributed by atoms with Gasteiger partial charge in [0.25, 0.3) is 0 Å². The predicted molar refractivity (Wildman–Crippen MR) is 79.2 cm³/mol. The van der Waals surface area contributed by atoms with Crippen molar-refractivity contribution in [3.05, 3.63) is 33.3 Å². The third-order valence-electron chi connectivity index (χ3n) is 3.09. The summed E-state index contributed by atoms with van der Waals surface area (Å²) >= 11 is 3.59. The Kier molecular flexibility index (Phi) is 4.79. The van der Waals surface area contributed by atoms with Crippen molar-refractivity contribution >= 4 is 15.9 Å². The standard InChI is InChI=1S/C15H24BrN/c1-10-8-12(9-11(2)14(10)16)13(17)6-7-15(3,4)5/h8-9,13H,6-7,17H2,1-5H3. The molecular weight excluding hydrogens is 274 g/mol. The fourth-order valence-electron chi connectivity index (χ4n) is 1.95. The number of rotatable bonds is 3. The van der Waals surface area contributed by atoms with Crippen molar-refractivity contribution in [3.63, 3.8) is 0 Å². The van der Waals surface area contributed by atoms with Gasteiger partial charge < -0.3 is 5.73 Å². The van der Waals surface area contributed by atoms with E-state index in [4.69, 9.17) is 5.73 Å². The van der Waals surface area contributed by atoms with Gasteiger partial charge in [-0.2, -0.15) is 0 Å². The number of halogens is 1. The van der Waals surface area contributed by atoms with Gasteiger partial charge in [0.2, 0.25) is 0 Å². The highest BCUT2D eigenvalue weighted by atomic mass is 79.9. The molecule has 1 rings (SSSR count). The summed E-state index contributed by atoms with van der Waals surface area (Å²) in [7, 11) is 0. The molecular formula is C15H24BrN. The Morgan fingerprint density at radius 1 is 1.18 bits per heavy atom. The van der Waals surface area contributed by atoms with E-state index in [1.807, 2.05) is 0 Å². The van der Waals surface area contributed by atoms with E-state index < -0.39 is 0 Å². The molecule has 0 aromatic heterocycles. The van der Waals surface area contributed by atoms with Crippen LogP contribution in [0.15, 0.2) is 16.6 Å². The molecule has 0 aliphatic carbocycles. The molecule has 1 nitrogen and oxygen atoms in total. The van der Waals surface area contributed by atoms with Crippen LogP contribution in [0.4, 0.5) is 0 Å². The fourth-order valence-corrected chi connectivity index (χ4v) is 2.18. The predicted octanol–water partition coefficient (Wildman–Crippen LogP) is 4.89. The zero-order valence-corrected chi connectivity index (χ0v) is 13.2. The molecule has 1 atom stereocenters. The van der Waals surface area contributed by atoms with Crippen molar-refractivity contribution in [2.75, 3.05) is 0 Å². The second-order valence-electron chi connectivity index (χ2n) is 6.17. The molecule has 1 aromatic rings. The number of aryl methyl sites for hydroxylation is 2. The normalized spacial score (nSPS) is 13.8. The molecule has 0 aliphatic heterocycles. The molecule has 0 bridgehead atoms. The van der Waals surface area contributed by atoms with Crippen LogP contribution in [0.2, 0.25) is 0 Å². The molecule has 0 amide bonds. The SMILES string of the molecule is Cc1cc(C(N)CCC(C)(C)C)cc(C)c1Br. The number of hydrogen-bond donors (Lipinski definition) is 1. The summed E-state index contributed by atoms with van der Waals surface area (Å²) in [5.41, 5.74) is 10.4. The molecule has 0 heterocycles. The number of hydrogen-bond acceptors (Lipinski definition) is 1. The molecule has 0 aliphatic rings.